The number of ether oxygens (including phenoxy) is 13. The van der Waals surface area contributed by atoms with E-state index >= 15 is 0 Å². The number of benzene rings is 5. The van der Waals surface area contributed by atoms with Crippen molar-refractivity contribution in [2.24, 2.45) is 11.8 Å². The normalized spacial score (nSPS) is 15.8. The summed E-state index contributed by atoms with van der Waals surface area (Å²) < 4.78 is 72.0. The molecule has 2 aliphatic carbocycles. The van der Waals surface area contributed by atoms with E-state index in [2.05, 4.69) is 49.8 Å². The summed E-state index contributed by atoms with van der Waals surface area (Å²) in [5.74, 6) is 4.83. The molecule has 726 valence electrons. The molecule has 1 heterocycles. The number of rotatable bonds is 67. The molecule has 0 spiro atoms. The summed E-state index contributed by atoms with van der Waals surface area (Å²) in [5.41, 5.74) is 4.18. The van der Waals surface area contributed by atoms with Gasteiger partial charge in [0.1, 0.15) is 40.1 Å². The number of esters is 7. The molecule has 5 aromatic rings. The van der Waals surface area contributed by atoms with E-state index < -0.39 is 11.9 Å². The third-order valence-corrected chi connectivity index (χ3v) is 24.9. The molecule has 1 saturated heterocycles. The average Bonchev–Trinajstić information content (AvgIpc) is 0.843. The number of hydrogen-bond donors (Lipinski definition) is 0. The van der Waals surface area contributed by atoms with Crippen molar-refractivity contribution in [1.82, 2.24) is 0 Å². The van der Waals surface area contributed by atoms with Crippen molar-refractivity contribution in [2.45, 2.75) is 387 Å². The first-order valence-corrected chi connectivity index (χ1v) is 51.1. The maximum atomic E-state index is 13.2. The summed E-state index contributed by atoms with van der Waals surface area (Å²) in [5, 5.41) is 0. The van der Waals surface area contributed by atoms with Crippen LogP contribution in [0.25, 0.3) is 0 Å². The van der Waals surface area contributed by atoms with E-state index in [-0.39, 0.29) is 49.0 Å². The number of hydrogen-bond acceptors (Lipinski definition) is 20. The molecule has 1 atom stereocenters. The van der Waals surface area contributed by atoms with Crippen LogP contribution in [0.1, 0.15) is 423 Å². The van der Waals surface area contributed by atoms with Crippen LogP contribution in [0.2, 0.25) is 0 Å². The van der Waals surface area contributed by atoms with Gasteiger partial charge in [-0.1, -0.05) is 232 Å². The van der Waals surface area contributed by atoms with Gasteiger partial charge in [-0.2, -0.15) is 0 Å². The van der Waals surface area contributed by atoms with Gasteiger partial charge in [0.05, 0.1) is 83.9 Å². The van der Waals surface area contributed by atoms with Crippen LogP contribution in [0.5, 0.6) is 34.5 Å². The van der Waals surface area contributed by atoms with Crippen molar-refractivity contribution in [3.8, 4) is 34.5 Å². The molecule has 3 fully saturated rings. The van der Waals surface area contributed by atoms with Gasteiger partial charge in [0, 0.05) is 26.1 Å². The molecule has 2 saturated carbocycles. The lowest BCUT2D eigenvalue weighted by Gasteiger charge is -2.29. The van der Waals surface area contributed by atoms with Crippen molar-refractivity contribution in [1.29, 1.82) is 0 Å². The first-order chi connectivity index (χ1) is 63.7. The van der Waals surface area contributed by atoms with Crippen LogP contribution < -0.4 is 28.4 Å². The van der Waals surface area contributed by atoms with Gasteiger partial charge in [-0.15, -0.1) is 0 Å². The Balaban J connectivity index is 0.000000308. The quantitative estimate of drug-likeness (QED) is 0.0152. The van der Waals surface area contributed by atoms with Crippen LogP contribution in [0.15, 0.2) is 115 Å². The molecule has 130 heavy (non-hydrogen) atoms. The molecule has 8 rings (SSSR count). The topological polar surface area (TPSA) is 239 Å². The Bertz CT molecular complexity index is 3740. The predicted molar refractivity (Wildman–Crippen MR) is 516 cm³/mol. The third kappa shape index (κ3) is 50.9. The number of carbonyl (C=O) groups excluding carboxylic acids is 7. The van der Waals surface area contributed by atoms with Crippen LogP contribution in [-0.4, -0.2) is 121 Å². The van der Waals surface area contributed by atoms with Crippen molar-refractivity contribution >= 4 is 41.8 Å². The summed E-state index contributed by atoms with van der Waals surface area (Å²) >= 11 is 0. The van der Waals surface area contributed by atoms with Crippen LogP contribution in [0, 0.1) is 11.8 Å². The number of methoxy groups -OCH3 is 1. The molecular formula is C110H166O20. The van der Waals surface area contributed by atoms with Gasteiger partial charge >= 0.3 is 41.8 Å². The lowest BCUT2D eigenvalue weighted by atomic mass is 9.77. The van der Waals surface area contributed by atoms with E-state index in [0.29, 0.717) is 117 Å². The highest BCUT2D eigenvalue weighted by Gasteiger charge is 2.26. The van der Waals surface area contributed by atoms with Crippen LogP contribution in [0.4, 0.5) is 0 Å². The monoisotopic (exact) mass is 1810 g/mol. The fourth-order valence-corrected chi connectivity index (χ4v) is 16.7. The summed E-state index contributed by atoms with van der Waals surface area (Å²) in [6.07, 6.45) is 56.1. The van der Waals surface area contributed by atoms with Gasteiger partial charge in [-0.05, 0) is 261 Å². The smallest absolute Gasteiger partial charge is 0.343 e. The molecule has 5 aromatic carbocycles. The van der Waals surface area contributed by atoms with Gasteiger partial charge in [-0.3, -0.25) is 19.2 Å². The maximum absolute atomic E-state index is 13.2. The predicted octanol–water partition coefficient (Wildman–Crippen LogP) is 28.2. The van der Waals surface area contributed by atoms with Crippen molar-refractivity contribution in [3.63, 3.8) is 0 Å². The Hall–Kier alpha value is -8.49. The zero-order valence-electron chi connectivity index (χ0n) is 80.9. The zero-order valence-corrected chi connectivity index (χ0v) is 80.9. The minimum atomic E-state index is -0.419. The molecule has 20 nitrogen and oxygen atoms in total. The maximum Gasteiger partial charge on any atom is 0.343 e. The number of carbonyl (C=O) groups is 7. The summed E-state index contributed by atoms with van der Waals surface area (Å²) in [7, 11) is 1.30. The van der Waals surface area contributed by atoms with E-state index in [4.69, 9.17) is 56.8 Å². The highest BCUT2D eigenvalue weighted by Crippen LogP contribution is 2.40. The second-order valence-corrected chi connectivity index (χ2v) is 35.6. The third-order valence-electron chi connectivity index (χ3n) is 24.9. The summed E-state index contributed by atoms with van der Waals surface area (Å²) in [4.78, 5) is 83.6. The van der Waals surface area contributed by atoms with Gasteiger partial charge in [0.25, 0.3) is 0 Å². The van der Waals surface area contributed by atoms with Crippen molar-refractivity contribution in [2.75, 3.05) is 73.2 Å². The van der Waals surface area contributed by atoms with E-state index in [1.54, 1.807) is 43.3 Å². The highest BCUT2D eigenvalue weighted by molar-refractivity contribution is 5.93. The molecule has 1 aliphatic heterocycles. The summed E-state index contributed by atoms with van der Waals surface area (Å²) in [6, 6.07) is 36.1. The molecule has 0 aromatic heterocycles. The summed E-state index contributed by atoms with van der Waals surface area (Å²) in [6.45, 7) is 16.0. The van der Waals surface area contributed by atoms with E-state index in [1.807, 2.05) is 61.5 Å². The second kappa shape index (κ2) is 72.1. The Labute approximate surface area is 781 Å². The van der Waals surface area contributed by atoms with Crippen LogP contribution in [0.3, 0.4) is 0 Å². The Kier molecular flexibility index (Phi) is 61.1. The minimum Gasteiger partial charge on any atom is -0.494 e. The minimum absolute atomic E-state index is 0.0374. The average molecular weight is 1810 g/mol. The first-order valence-electron chi connectivity index (χ1n) is 51.1. The highest BCUT2D eigenvalue weighted by atomic mass is 16.7. The number of unbranched alkanes of at least 4 members (excludes halogenated alkanes) is 28. The van der Waals surface area contributed by atoms with Gasteiger partial charge in [0.2, 0.25) is 0 Å². The molecule has 0 radical (unpaired) electrons. The van der Waals surface area contributed by atoms with Gasteiger partial charge < -0.3 is 61.6 Å². The lowest BCUT2D eigenvalue weighted by molar-refractivity contribution is -0.162. The molecular weight excluding hydrogens is 1640 g/mol. The molecule has 20 heteroatoms. The Morgan fingerprint density at radius 2 is 0.654 bits per heavy atom. The molecule has 0 N–H and O–H groups in total. The van der Waals surface area contributed by atoms with E-state index in [0.717, 1.165) is 203 Å². The molecule has 0 bridgehead atoms. The standard InChI is InChI=1S/C42H68O12.C35H50O5.C33H48O3/c1-3-38(43)50-29-17-10-6-4-8-15-27-48-35-23-24-37(49-28-16-9-5-7-11-18-30-51-40(45)26-25-39(44)47-2)36(34-35)42(46)54-33-20-13-12-19-31-52-41-22-14-21-32-53-41;1-3-5-10-13-28-14-16-29(17-15-28)30-18-24-33(25-19-30)40-35(37)31-20-22-32(23-21-31)38-26-11-8-6-7-9-12-27-39-34(36)4-2;1-3-5-7-8-9-10-12-26-35-31-22-20-30(21-23-31)33(34)36-32-24-18-29(19-25-32)28-16-14-27(15-17-28)13-11-6-4-2/h23-24,34,41H,3-22,25-33H2,1-2H3;18-25,28-29H,3-17,26-27H2,1-2H3;18-25,27-28H,3-17,26H2,1-2H3. The molecule has 0 amide bonds. The lowest BCUT2D eigenvalue weighted by Crippen LogP contribution is -2.22. The zero-order chi connectivity index (χ0) is 92.7. The van der Waals surface area contributed by atoms with Crippen LogP contribution in [-0.2, 0) is 52.3 Å². The van der Waals surface area contributed by atoms with Gasteiger partial charge in [0.15, 0.2) is 6.29 Å². The fraction of sp³-hybridized carbons (Fsp3) is 0.664. The Morgan fingerprint density at radius 3 is 1.05 bits per heavy atom. The second-order valence-electron chi connectivity index (χ2n) is 35.6. The van der Waals surface area contributed by atoms with Crippen LogP contribution >= 0.6 is 0 Å². The van der Waals surface area contributed by atoms with Crippen molar-refractivity contribution < 1.29 is 95.1 Å². The SMILES string of the molecule is CCC(=O)OCCCCCCCCOc1ccc(OCCCCCCCCOC(=O)CCC(=O)OC)c(C(=O)OCCCCCCOC2CCCCO2)c1.CCCCCC1CCC(c2ccc(OC(=O)c3ccc(OCCCCCCCCOC(=O)CC)cc3)cc2)CC1.CCCCCCCCCOc1ccc(C(=O)Oc2ccc(C3CCC(CCCCC)CC3)cc2)cc1. The van der Waals surface area contributed by atoms with E-state index in [9.17, 15) is 33.6 Å². The van der Waals surface area contributed by atoms with Gasteiger partial charge in [-0.25, -0.2) is 14.4 Å². The molecule has 3 aliphatic rings. The fourth-order valence-electron chi connectivity index (χ4n) is 16.7. The first kappa shape index (κ1) is 110. The van der Waals surface area contributed by atoms with E-state index in [1.165, 1.54) is 159 Å². The Morgan fingerprint density at radius 1 is 0.308 bits per heavy atom. The molecule has 1 unspecified atom stereocenters. The largest absolute Gasteiger partial charge is 0.494 e. The van der Waals surface area contributed by atoms with Crippen molar-refractivity contribution in [3.05, 3.63) is 143 Å².